The van der Waals surface area contributed by atoms with E-state index in [-0.39, 0.29) is 11.5 Å². The van der Waals surface area contributed by atoms with Crippen molar-refractivity contribution in [2.75, 3.05) is 13.7 Å². The molecule has 0 aliphatic heterocycles. The van der Waals surface area contributed by atoms with Crippen LogP contribution in [0.4, 0.5) is 0 Å². The maximum absolute atomic E-state index is 11.6. The maximum Gasteiger partial charge on any atom is 0.332 e. The van der Waals surface area contributed by atoms with Gasteiger partial charge in [-0.1, -0.05) is 26.0 Å². The molecular weight excluding hydrogens is 242 g/mol. The first kappa shape index (κ1) is 14.8. The molecule has 1 aromatic carbocycles. The number of carbonyl (C=O) groups is 1. The lowest BCUT2D eigenvalue weighted by molar-refractivity contribution is -0.138. The van der Waals surface area contributed by atoms with E-state index < -0.39 is 5.97 Å². The molecule has 0 aromatic heterocycles. The van der Waals surface area contributed by atoms with Crippen molar-refractivity contribution in [1.29, 1.82) is 5.26 Å². The van der Waals surface area contributed by atoms with E-state index in [1.165, 1.54) is 6.08 Å². The van der Waals surface area contributed by atoms with Crippen molar-refractivity contribution in [2.24, 2.45) is 5.92 Å². The molecule has 4 nitrogen and oxygen atoms in total. The van der Waals surface area contributed by atoms with Gasteiger partial charge < -0.3 is 9.47 Å². The van der Waals surface area contributed by atoms with Crippen LogP contribution in [0.5, 0.6) is 5.75 Å². The van der Waals surface area contributed by atoms with Crippen LogP contribution < -0.4 is 4.74 Å². The second kappa shape index (κ2) is 7.22. The number of methoxy groups -OCH3 is 1. The Morgan fingerprint density at radius 2 is 2.21 bits per heavy atom. The molecule has 1 aromatic rings. The maximum atomic E-state index is 11.6. The van der Waals surface area contributed by atoms with Crippen molar-refractivity contribution in [3.05, 3.63) is 35.9 Å². The summed E-state index contributed by atoms with van der Waals surface area (Å²) in [6, 6.07) is 8.97. The molecule has 0 unspecified atom stereocenters. The van der Waals surface area contributed by atoms with E-state index in [9.17, 15) is 4.79 Å². The number of benzene rings is 1. The molecule has 0 aliphatic carbocycles. The molecule has 100 valence electrons. The fraction of sp³-hybridized carbons (Fsp3) is 0.333. The zero-order valence-electron chi connectivity index (χ0n) is 11.3. The smallest absolute Gasteiger partial charge is 0.332 e. The SMILES string of the molecule is COc1cccc(C(C#N)=CC(=O)OCC(C)C)c1. The number of esters is 1. The number of hydrogen-bond acceptors (Lipinski definition) is 4. The van der Waals surface area contributed by atoms with Gasteiger partial charge in [0.1, 0.15) is 11.8 Å². The predicted octanol–water partition coefficient (Wildman–Crippen LogP) is 2.80. The first-order chi connectivity index (χ1) is 9.06. The summed E-state index contributed by atoms with van der Waals surface area (Å²) in [5, 5.41) is 9.10. The third-order valence-electron chi connectivity index (χ3n) is 2.32. The fourth-order valence-electron chi connectivity index (χ4n) is 1.38. The van der Waals surface area contributed by atoms with Crippen LogP contribution in [0.2, 0.25) is 0 Å². The van der Waals surface area contributed by atoms with E-state index in [4.69, 9.17) is 14.7 Å². The minimum atomic E-state index is -0.506. The van der Waals surface area contributed by atoms with Gasteiger partial charge in [0, 0.05) is 6.08 Å². The van der Waals surface area contributed by atoms with Crippen LogP contribution >= 0.6 is 0 Å². The second-order valence-corrected chi connectivity index (χ2v) is 4.43. The molecule has 0 radical (unpaired) electrons. The summed E-state index contributed by atoms with van der Waals surface area (Å²) in [5.74, 6) is 0.391. The van der Waals surface area contributed by atoms with Gasteiger partial charge >= 0.3 is 5.97 Å². The van der Waals surface area contributed by atoms with Crippen molar-refractivity contribution < 1.29 is 14.3 Å². The molecule has 1 rings (SSSR count). The number of ether oxygens (including phenoxy) is 2. The van der Waals surface area contributed by atoms with Crippen molar-refractivity contribution >= 4 is 11.5 Å². The van der Waals surface area contributed by atoms with Crippen LogP contribution in [-0.4, -0.2) is 19.7 Å². The second-order valence-electron chi connectivity index (χ2n) is 4.43. The van der Waals surface area contributed by atoms with E-state index in [2.05, 4.69) is 0 Å². The summed E-state index contributed by atoms with van der Waals surface area (Å²) in [7, 11) is 1.55. The normalized spacial score (nSPS) is 11.0. The van der Waals surface area contributed by atoms with Crippen molar-refractivity contribution in [1.82, 2.24) is 0 Å². The Hall–Kier alpha value is -2.28. The number of hydrogen-bond donors (Lipinski definition) is 0. The van der Waals surface area contributed by atoms with Crippen LogP contribution in [-0.2, 0) is 9.53 Å². The molecule has 19 heavy (non-hydrogen) atoms. The van der Waals surface area contributed by atoms with Crippen LogP contribution in [0.15, 0.2) is 30.3 Å². The lowest BCUT2D eigenvalue weighted by atomic mass is 10.1. The van der Waals surface area contributed by atoms with Gasteiger partial charge in [-0.2, -0.15) is 5.26 Å². The van der Waals surface area contributed by atoms with Crippen LogP contribution in [0, 0.1) is 17.2 Å². The lowest BCUT2D eigenvalue weighted by Gasteiger charge is -2.05. The summed E-state index contributed by atoms with van der Waals surface area (Å²) in [6.07, 6.45) is 1.21. The predicted molar refractivity (Wildman–Crippen MR) is 72.4 cm³/mol. The molecule has 0 saturated carbocycles. The highest BCUT2D eigenvalue weighted by molar-refractivity contribution is 5.95. The third kappa shape index (κ3) is 4.84. The number of rotatable bonds is 5. The van der Waals surface area contributed by atoms with E-state index >= 15 is 0 Å². The van der Waals surface area contributed by atoms with Crippen molar-refractivity contribution in [3.63, 3.8) is 0 Å². The number of carbonyl (C=O) groups excluding carboxylic acids is 1. The quantitative estimate of drug-likeness (QED) is 0.463. The number of allylic oxidation sites excluding steroid dienone is 1. The average molecular weight is 259 g/mol. The third-order valence-corrected chi connectivity index (χ3v) is 2.32. The average Bonchev–Trinajstić information content (AvgIpc) is 2.42. The lowest BCUT2D eigenvalue weighted by Crippen LogP contribution is -2.07. The topological polar surface area (TPSA) is 59.3 Å². The molecule has 0 aliphatic rings. The standard InChI is InChI=1S/C15H17NO3/c1-11(2)10-19-15(17)8-13(9-16)12-5-4-6-14(7-12)18-3/h4-8,11H,10H2,1-3H3. The van der Waals surface area contributed by atoms with Gasteiger partial charge in [0.15, 0.2) is 0 Å². The first-order valence-corrected chi connectivity index (χ1v) is 5.99. The number of nitrogens with zero attached hydrogens (tertiary/aromatic N) is 1. The zero-order chi connectivity index (χ0) is 14.3. The highest BCUT2D eigenvalue weighted by Crippen LogP contribution is 2.19. The summed E-state index contributed by atoms with van der Waals surface area (Å²) in [4.78, 5) is 11.6. The van der Waals surface area contributed by atoms with Crippen LogP contribution in [0.3, 0.4) is 0 Å². The van der Waals surface area contributed by atoms with Gasteiger partial charge in [0.2, 0.25) is 0 Å². The Morgan fingerprint density at radius 1 is 1.47 bits per heavy atom. The Morgan fingerprint density at radius 3 is 2.79 bits per heavy atom. The van der Waals surface area contributed by atoms with Gasteiger partial charge in [-0.25, -0.2) is 4.79 Å². The molecule has 4 heteroatoms. The summed E-state index contributed by atoms with van der Waals surface area (Å²) in [5.41, 5.74) is 0.885. The fourth-order valence-corrected chi connectivity index (χ4v) is 1.38. The molecule has 0 spiro atoms. The van der Waals surface area contributed by atoms with Crippen molar-refractivity contribution in [3.8, 4) is 11.8 Å². The summed E-state index contributed by atoms with van der Waals surface area (Å²) >= 11 is 0. The minimum Gasteiger partial charge on any atom is -0.497 e. The van der Waals surface area contributed by atoms with Gasteiger partial charge in [-0.15, -0.1) is 0 Å². The van der Waals surface area contributed by atoms with Gasteiger partial charge in [0.25, 0.3) is 0 Å². The van der Waals surface area contributed by atoms with Gasteiger partial charge in [-0.05, 0) is 23.6 Å². The Kier molecular flexibility index (Phi) is 5.62. The summed E-state index contributed by atoms with van der Waals surface area (Å²) < 4.78 is 10.1. The van der Waals surface area contributed by atoms with Gasteiger partial charge in [-0.3, -0.25) is 0 Å². The number of nitriles is 1. The molecule has 0 saturated heterocycles. The summed E-state index contributed by atoms with van der Waals surface area (Å²) in [6.45, 7) is 4.24. The van der Waals surface area contributed by atoms with Crippen LogP contribution in [0.1, 0.15) is 19.4 Å². The monoisotopic (exact) mass is 259 g/mol. The largest absolute Gasteiger partial charge is 0.497 e. The van der Waals surface area contributed by atoms with Crippen molar-refractivity contribution in [2.45, 2.75) is 13.8 Å². The van der Waals surface area contributed by atoms with Crippen LogP contribution in [0.25, 0.3) is 5.57 Å². The Bertz CT molecular complexity index is 512. The molecule has 0 heterocycles. The highest BCUT2D eigenvalue weighted by atomic mass is 16.5. The van der Waals surface area contributed by atoms with Gasteiger partial charge in [0.05, 0.1) is 19.3 Å². The minimum absolute atomic E-state index is 0.257. The molecule has 0 atom stereocenters. The van der Waals surface area contributed by atoms with E-state index in [0.717, 1.165) is 0 Å². The highest BCUT2D eigenvalue weighted by Gasteiger charge is 2.07. The molecular formula is C15H17NO3. The molecule has 0 N–H and O–H groups in total. The molecule has 0 bridgehead atoms. The first-order valence-electron chi connectivity index (χ1n) is 5.99. The van der Waals surface area contributed by atoms with E-state index in [1.807, 2.05) is 19.9 Å². The molecule has 0 amide bonds. The van der Waals surface area contributed by atoms with E-state index in [0.29, 0.717) is 17.9 Å². The Balaban J connectivity index is 2.87. The molecule has 0 fully saturated rings. The van der Waals surface area contributed by atoms with E-state index in [1.54, 1.807) is 31.4 Å². The Labute approximate surface area is 113 Å². The zero-order valence-corrected chi connectivity index (χ0v) is 11.3.